The molecule has 0 bridgehead atoms. The molecule has 1 unspecified atom stereocenters. The molecule has 5 nitrogen and oxygen atoms in total. The lowest BCUT2D eigenvalue weighted by Gasteiger charge is -2.17. The van der Waals surface area contributed by atoms with E-state index in [9.17, 15) is 14.0 Å². The van der Waals surface area contributed by atoms with Crippen molar-refractivity contribution in [3.63, 3.8) is 0 Å². The standard InChI is InChI=1S/C13H14Cl2FN3O2/c14-8-3-9(15)5-10(4-8)18-11(20)6-19-2-1-13(16,7-19)12(17)21/h3-5H,1-2,6-7H2,(H2,17,21)(H,18,20). The molecule has 0 saturated carbocycles. The van der Waals surface area contributed by atoms with Crippen LogP contribution in [0.1, 0.15) is 6.42 Å². The van der Waals surface area contributed by atoms with Crippen LogP contribution in [0.4, 0.5) is 10.1 Å². The molecular formula is C13H14Cl2FN3O2. The third kappa shape index (κ3) is 4.06. The number of alkyl halides is 1. The smallest absolute Gasteiger partial charge is 0.256 e. The normalized spacial score (nSPS) is 22.2. The monoisotopic (exact) mass is 333 g/mol. The summed E-state index contributed by atoms with van der Waals surface area (Å²) in [6.45, 7) is 0.0816. The van der Waals surface area contributed by atoms with Gasteiger partial charge in [-0.3, -0.25) is 14.5 Å². The third-order valence-electron chi connectivity index (χ3n) is 3.25. The van der Waals surface area contributed by atoms with Crippen LogP contribution in [0.3, 0.4) is 0 Å². The number of carbonyl (C=O) groups excluding carboxylic acids is 2. The van der Waals surface area contributed by atoms with Crippen LogP contribution in [-0.2, 0) is 9.59 Å². The Balaban J connectivity index is 1.92. The first-order chi connectivity index (χ1) is 9.78. The number of carbonyl (C=O) groups is 2. The summed E-state index contributed by atoms with van der Waals surface area (Å²) in [6.07, 6.45) is -0.00138. The minimum atomic E-state index is -2.06. The average molecular weight is 334 g/mol. The summed E-state index contributed by atoms with van der Waals surface area (Å²) in [5.41, 5.74) is 3.41. The maximum atomic E-state index is 14.0. The summed E-state index contributed by atoms with van der Waals surface area (Å²) in [5, 5.41) is 3.42. The Morgan fingerprint density at radius 3 is 2.48 bits per heavy atom. The fourth-order valence-electron chi connectivity index (χ4n) is 2.21. The Hall–Kier alpha value is -1.37. The molecular weight excluding hydrogens is 320 g/mol. The minimum absolute atomic E-state index is 0.00138. The number of amides is 2. The number of hydrogen-bond donors (Lipinski definition) is 2. The molecule has 0 aliphatic carbocycles. The quantitative estimate of drug-likeness (QED) is 0.882. The van der Waals surface area contributed by atoms with Gasteiger partial charge in [0, 0.05) is 35.2 Å². The second-order valence-electron chi connectivity index (χ2n) is 5.00. The van der Waals surface area contributed by atoms with Gasteiger partial charge in [0.15, 0.2) is 0 Å². The van der Waals surface area contributed by atoms with Gasteiger partial charge in [0.05, 0.1) is 6.54 Å². The highest BCUT2D eigenvalue weighted by Gasteiger charge is 2.43. The number of primary amides is 1. The van der Waals surface area contributed by atoms with Crippen molar-refractivity contribution in [3.05, 3.63) is 28.2 Å². The van der Waals surface area contributed by atoms with Gasteiger partial charge in [-0.15, -0.1) is 0 Å². The second kappa shape index (κ2) is 6.17. The Labute approximate surface area is 131 Å². The predicted molar refractivity (Wildman–Crippen MR) is 79.2 cm³/mol. The second-order valence-corrected chi connectivity index (χ2v) is 5.87. The van der Waals surface area contributed by atoms with Gasteiger partial charge in [-0.25, -0.2) is 4.39 Å². The maximum absolute atomic E-state index is 14.0. The van der Waals surface area contributed by atoms with E-state index in [0.717, 1.165) is 0 Å². The molecule has 1 aliphatic rings. The van der Waals surface area contributed by atoms with E-state index in [1.54, 1.807) is 18.2 Å². The van der Waals surface area contributed by atoms with Gasteiger partial charge in [-0.1, -0.05) is 23.2 Å². The van der Waals surface area contributed by atoms with E-state index in [-0.39, 0.29) is 25.4 Å². The summed E-state index contributed by atoms with van der Waals surface area (Å²) in [5.74, 6) is -1.34. The molecule has 1 atom stereocenters. The molecule has 114 valence electrons. The van der Waals surface area contributed by atoms with Crippen molar-refractivity contribution < 1.29 is 14.0 Å². The molecule has 3 N–H and O–H groups in total. The van der Waals surface area contributed by atoms with Crippen molar-refractivity contribution in [2.45, 2.75) is 12.1 Å². The topological polar surface area (TPSA) is 75.4 Å². The molecule has 1 fully saturated rings. The van der Waals surface area contributed by atoms with E-state index in [2.05, 4.69) is 5.32 Å². The van der Waals surface area contributed by atoms with Crippen molar-refractivity contribution in [2.75, 3.05) is 25.0 Å². The Morgan fingerprint density at radius 2 is 1.95 bits per heavy atom. The van der Waals surface area contributed by atoms with Crippen LogP contribution < -0.4 is 11.1 Å². The highest BCUT2D eigenvalue weighted by atomic mass is 35.5. The van der Waals surface area contributed by atoms with E-state index in [1.165, 1.54) is 4.90 Å². The van der Waals surface area contributed by atoms with E-state index in [4.69, 9.17) is 28.9 Å². The molecule has 21 heavy (non-hydrogen) atoms. The largest absolute Gasteiger partial charge is 0.367 e. The van der Waals surface area contributed by atoms with Gasteiger partial charge in [0.1, 0.15) is 0 Å². The van der Waals surface area contributed by atoms with Crippen LogP contribution in [0.2, 0.25) is 10.0 Å². The fraction of sp³-hybridized carbons (Fsp3) is 0.385. The summed E-state index contributed by atoms with van der Waals surface area (Å²) < 4.78 is 14.0. The lowest BCUT2D eigenvalue weighted by molar-refractivity contribution is -0.129. The molecule has 1 aromatic carbocycles. The number of halogens is 3. The fourth-order valence-corrected chi connectivity index (χ4v) is 2.74. The number of nitrogens with zero attached hydrogens (tertiary/aromatic N) is 1. The minimum Gasteiger partial charge on any atom is -0.367 e. The first-order valence-electron chi connectivity index (χ1n) is 6.26. The van der Waals surface area contributed by atoms with Crippen LogP contribution >= 0.6 is 23.2 Å². The highest BCUT2D eigenvalue weighted by Crippen LogP contribution is 2.25. The van der Waals surface area contributed by atoms with E-state index >= 15 is 0 Å². The van der Waals surface area contributed by atoms with Crippen LogP contribution in [0.5, 0.6) is 0 Å². The summed E-state index contributed by atoms with van der Waals surface area (Å²) in [7, 11) is 0. The van der Waals surface area contributed by atoms with Crippen molar-refractivity contribution in [1.82, 2.24) is 4.90 Å². The number of likely N-dealkylation sites (tertiary alicyclic amines) is 1. The Morgan fingerprint density at radius 1 is 1.33 bits per heavy atom. The summed E-state index contributed by atoms with van der Waals surface area (Å²) >= 11 is 11.7. The predicted octanol–water partition coefficient (Wildman–Crippen LogP) is 1.83. The summed E-state index contributed by atoms with van der Waals surface area (Å²) in [6, 6.07) is 4.65. The zero-order valence-electron chi connectivity index (χ0n) is 11.0. The van der Waals surface area contributed by atoms with Crippen molar-refractivity contribution >= 4 is 40.7 Å². The zero-order valence-corrected chi connectivity index (χ0v) is 12.5. The van der Waals surface area contributed by atoms with E-state index in [0.29, 0.717) is 22.3 Å². The lowest BCUT2D eigenvalue weighted by Crippen LogP contribution is -2.43. The molecule has 2 rings (SSSR count). The third-order valence-corrected chi connectivity index (χ3v) is 3.69. The molecule has 0 spiro atoms. The molecule has 8 heteroatoms. The number of nitrogens with one attached hydrogen (secondary N) is 1. The average Bonchev–Trinajstić information content (AvgIpc) is 2.70. The molecule has 0 aromatic heterocycles. The van der Waals surface area contributed by atoms with Crippen LogP contribution in [0.15, 0.2) is 18.2 Å². The Kier molecular flexibility index (Phi) is 4.70. The van der Waals surface area contributed by atoms with Crippen LogP contribution in [0.25, 0.3) is 0 Å². The summed E-state index contributed by atoms with van der Waals surface area (Å²) in [4.78, 5) is 24.4. The lowest BCUT2D eigenvalue weighted by atomic mass is 10.1. The number of nitrogens with two attached hydrogens (primary N) is 1. The van der Waals surface area contributed by atoms with Gasteiger partial charge in [-0.2, -0.15) is 0 Å². The van der Waals surface area contributed by atoms with Crippen LogP contribution in [0, 0.1) is 0 Å². The highest BCUT2D eigenvalue weighted by molar-refractivity contribution is 6.35. The van der Waals surface area contributed by atoms with Gasteiger partial charge < -0.3 is 11.1 Å². The molecule has 2 amide bonds. The van der Waals surface area contributed by atoms with Crippen molar-refractivity contribution in [2.24, 2.45) is 5.73 Å². The van der Waals surface area contributed by atoms with E-state index in [1.807, 2.05) is 0 Å². The first kappa shape index (κ1) is 16.0. The molecule has 1 heterocycles. The molecule has 0 radical (unpaired) electrons. The Bertz CT molecular complexity index is 564. The SMILES string of the molecule is NC(=O)C1(F)CCN(CC(=O)Nc2cc(Cl)cc(Cl)c2)C1. The van der Waals surface area contributed by atoms with Gasteiger partial charge >= 0.3 is 0 Å². The molecule has 1 aliphatic heterocycles. The maximum Gasteiger partial charge on any atom is 0.256 e. The van der Waals surface area contributed by atoms with Crippen molar-refractivity contribution in [3.8, 4) is 0 Å². The number of benzene rings is 1. The van der Waals surface area contributed by atoms with Crippen LogP contribution in [-0.4, -0.2) is 42.0 Å². The molecule has 1 aromatic rings. The number of anilines is 1. The van der Waals surface area contributed by atoms with Gasteiger partial charge in [0.2, 0.25) is 11.6 Å². The molecule has 1 saturated heterocycles. The van der Waals surface area contributed by atoms with Gasteiger partial charge in [0.25, 0.3) is 5.91 Å². The van der Waals surface area contributed by atoms with Crippen molar-refractivity contribution in [1.29, 1.82) is 0 Å². The first-order valence-corrected chi connectivity index (χ1v) is 7.01. The van der Waals surface area contributed by atoms with E-state index < -0.39 is 11.6 Å². The zero-order chi connectivity index (χ0) is 15.6. The number of rotatable bonds is 4. The number of hydrogen-bond acceptors (Lipinski definition) is 3. The van der Waals surface area contributed by atoms with Gasteiger partial charge in [-0.05, 0) is 18.2 Å².